The number of aryl methyl sites for hydroxylation is 2. The minimum absolute atomic E-state index is 0.0273. The molecule has 2 rings (SSSR count). The lowest BCUT2D eigenvalue weighted by Gasteiger charge is -2.32. The molecule has 6 nitrogen and oxygen atoms in total. The molecule has 1 N–H and O–H groups in total. The summed E-state index contributed by atoms with van der Waals surface area (Å²) in [4.78, 5) is 29.5. The Morgan fingerprint density at radius 2 is 2.21 bits per heavy atom. The van der Waals surface area contributed by atoms with Crippen molar-refractivity contribution in [1.29, 1.82) is 0 Å². The van der Waals surface area contributed by atoms with Crippen molar-refractivity contribution in [1.82, 2.24) is 19.8 Å². The third-order valence-electron chi connectivity index (χ3n) is 3.54. The minimum Gasteiger partial charge on any atom is -0.346 e. The summed E-state index contributed by atoms with van der Waals surface area (Å²) in [6, 6.07) is 0.0273. The molecule has 0 aromatic carbocycles. The Kier molecular flexibility index (Phi) is 3.87. The predicted octanol–water partition coefficient (Wildman–Crippen LogP) is 0.469. The van der Waals surface area contributed by atoms with Gasteiger partial charge in [-0.05, 0) is 19.8 Å². The Morgan fingerprint density at radius 1 is 1.47 bits per heavy atom. The summed E-state index contributed by atoms with van der Waals surface area (Å²) in [5, 5.41) is 2.99. The first-order chi connectivity index (χ1) is 8.99. The molecule has 0 unspecified atom stereocenters. The molecular weight excluding hydrogens is 244 g/mol. The van der Waals surface area contributed by atoms with Crippen molar-refractivity contribution >= 4 is 11.8 Å². The lowest BCUT2D eigenvalue weighted by atomic mass is 10.1. The van der Waals surface area contributed by atoms with E-state index in [-0.39, 0.29) is 17.9 Å². The van der Waals surface area contributed by atoms with Crippen LogP contribution in [0.2, 0.25) is 0 Å². The molecule has 1 fully saturated rings. The second-order valence-electron chi connectivity index (χ2n) is 5.07. The van der Waals surface area contributed by atoms with Crippen LogP contribution in [0.4, 0.5) is 0 Å². The van der Waals surface area contributed by atoms with E-state index in [1.807, 2.05) is 6.92 Å². The summed E-state index contributed by atoms with van der Waals surface area (Å²) in [5.41, 5.74) is 1.30. The summed E-state index contributed by atoms with van der Waals surface area (Å²) >= 11 is 0. The smallest absolute Gasteiger partial charge is 0.270 e. The number of likely N-dealkylation sites (tertiary alicyclic amines) is 1. The number of imidazole rings is 1. The summed E-state index contributed by atoms with van der Waals surface area (Å²) in [6.45, 7) is 4.76. The first-order valence-electron chi connectivity index (χ1n) is 6.53. The Labute approximate surface area is 112 Å². The third kappa shape index (κ3) is 2.94. The van der Waals surface area contributed by atoms with E-state index in [1.165, 1.54) is 0 Å². The van der Waals surface area contributed by atoms with Gasteiger partial charge in [-0.25, -0.2) is 4.98 Å². The molecule has 104 valence electrons. The van der Waals surface area contributed by atoms with Crippen LogP contribution in [0, 0.1) is 6.92 Å². The van der Waals surface area contributed by atoms with Gasteiger partial charge in [0, 0.05) is 33.1 Å². The van der Waals surface area contributed by atoms with E-state index in [4.69, 9.17) is 0 Å². The SMILES string of the molecule is CC(=O)N1CCC[C@@H](NC(=O)c2c(C)ncn2C)C1. The summed E-state index contributed by atoms with van der Waals surface area (Å²) in [7, 11) is 1.80. The van der Waals surface area contributed by atoms with Crippen LogP contribution in [0.1, 0.15) is 35.9 Å². The molecule has 1 aromatic heterocycles. The standard InChI is InChI=1S/C13H20N4O2/c1-9-12(16(3)8-14-9)13(19)15-11-5-4-6-17(7-11)10(2)18/h8,11H,4-7H2,1-3H3,(H,15,19)/t11-/m1/s1. The fourth-order valence-electron chi connectivity index (χ4n) is 2.51. The number of nitrogens with one attached hydrogen (secondary N) is 1. The van der Waals surface area contributed by atoms with Gasteiger partial charge in [-0.1, -0.05) is 0 Å². The fourth-order valence-corrected chi connectivity index (χ4v) is 2.51. The number of rotatable bonds is 2. The number of hydrogen-bond donors (Lipinski definition) is 1. The van der Waals surface area contributed by atoms with Crippen LogP contribution in [0.15, 0.2) is 6.33 Å². The van der Waals surface area contributed by atoms with Gasteiger partial charge in [0.25, 0.3) is 5.91 Å². The fraction of sp³-hybridized carbons (Fsp3) is 0.615. The molecule has 0 aliphatic carbocycles. The highest BCUT2D eigenvalue weighted by Crippen LogP contribution is 2.12. The molecule has 1 aliphatic rings. The van der Waals surface area contributed by atoms with Gasteiger partial charge < -0.3 is 14.8 Å². The number of carbonyl (C=O) groups excluding carboxylic acids is 2. The van der Waals surface area contributed by atoms with Crippen LogP contribution in [0.25, 0.3) is 0 Å². The Bertz CT molecular complexity index is 475. The average molecular weight is 264 g/mol. The van der Waals surface area contributed by atoms with E-state index < -0.39 is 0 Å². The maximum absolute atomic E-state index is 12.2. The van der Waals surface area contributed by atoms with Crippen molar-refractivity contribution in [3.8, 4) is 0 Å². The van der Waals surface area contributed by atoms with Gasteiger partial charge >= 0.3 is 0 Å². The Morgan fingerprint density at radius 3 is 2.79 bits per heavy atom. The number of aromatic nitrogens is 2. The molecule has 1 aliphatic heterocycles. The molecule has 2 amide bonds. The maximum atomic E-state index is 12.2. The van der Waals surface area contributed by atoms with E-state index in [9.17, 15) is 9.59 Å². The maximum Gasteiger partial charge on any atom is 0.270 e. The summed E-state index contributed by atoms with van der Waals surface area (Å²) < 4.78 is 1.72. The van der Waals surface area contributed by atoms with Crippen molar-refractivity contribution in [3.63, 3.8) is 0 Å². The lowest BCUT2D eigenvalue weighted by molar-refractivity contribution is -0.130. The lowest BCUT2D eigenvalue weighted by Crippen LogP contribution is -2.49. The molecule has 0 bridgehead atoms. The van der Waals surface area contributed by atoms with Gasteiger partial charge in [-0.15, -0.1) is 0 Å². The van der Waals surface area contributed by atoms with Crippen molar-refractivity contribution in [2.24, 2.45) is 7.05 Å². The predicted molar refractivity (Wildman–Crippen MR) is 70.7 cm³/mol. The number of carbonyl (C=O) groups is 2. The van der Waals surface area contributed by atoms with Crippen LogP contribution < -0.4 is 5.32 Å². The molecule has 1 atom stereocenters. The second-order valence-corrected chi connectivity index (χ2v) is 5.07. The van der Waals surface area contributed by atoms with Crippen LogP contribution >= 0.6 is 0 Å². The zero-order chi connectivity index (χ0) is 14.0. The van der Waals surface area contributed by atoms with Crippen LogP contribution in [0.5, 0.6) is 0 Å². The number of hydrogen-bond acceptors (Lipinski definition) is 3. The Balaban J connectivity index is 2.01. The largest absolute Gasteiger partial charge is 0.346 e. The molecule has 6 heteroatoms. The molecule has 1 aromatic rings. The quantitative estimate of drug-likeness (QED) is 0.844. The van der Waals surface area contributed by atoms with E-state index in [1.54, 1.807) is 29.8 Å². The number of piperidine rings is 1. The molecule has 19 heavy (non-hydrogen) atoms. The van der Waals surface area contributed by atoms with E-state index in [2.05, 4.69) is 10.3 Å². The molecule has 0 saturated carbocycles. The highest BCUT2D eigenvalue weighted by atomic mass is 16.2. The summed E-state index contributed by atoms with van der Waals surface area (Å²) in [5.74, 6) is -0.0523. The third-order valence-corrected chi connectivity index (χ3v) is 3.54. The van der Waals surface area contributed by atoms with E-state index in [0.29, 0.717) is 12.2 Å². The van der Waals surface area contributed by atoms with Crippen molar-refractivity contribution in [2.45, 2.75) is 32.7 Å². The highest BCUT2D eigenvalue weighted by Gasteiger charge is 2.24. The molecular formula is C13H20N4O2. The van der Waals surface area contributed by atoms with Gasteiger partial charge in [0.1, 0.15) is 5.69 Å². The normalized spacial score (nSPS) is 19.3. The second kappa shape index (κ2) is 5.42. The van der Waals surface area contributed by atoms with Crippen LogP contribution in [-0.4, -0.2) is 45.4 Å². The van der Waals surface area contributed by atoms with E-state index >= 15 is 0 Å². The van der Waals surface area contributed by atoms with Crippen LogP contribution in [-0.2, 0) is 11.8 Å². The van der Waals surface area contributed by atoms with Crippen LogP contribution in [0.3, 0.4) is 0 Å². The monoisotopic (exact) mass is 264 g/mol. The Hall–Kier alpha value is -1.85. The van der Waals surface area contributed by atoms with Gasteiger partial charge in [-0.2, -0.15) is 0 Å². The summed E-state index contributed by atoms with van der Waals surface area (Å²) in [6.07, 6.45) is 3.47. The van der Waals surface area contributed by atoms with Gasteiger partial charge in [0.2, 0.25) is 5.91 Å². The topological polar surface area (TPSA) is 67.2 Å². The number of nitrogens with zero attached hydrogens (tertiary/aromatic N) is 3. The number of amides is 2. The molecule has 1 saturated heterocycles. The van der Waals surface area contributed by atoms with Crippen molar-refractivity contribution in [2.75, 3.05) is 13.1 Å². The highest BCUT2D eigenvalue weighted by molar-refractivity contribution is 5.93. The van der Waals surface area contributed by atoms with E-state index in [0.717, 1.165) is 25.1 Å². The first kappa shape index (κ1) is 13.6. The first-order valence-corrected chi connectivity index (χ1v) is 6.53. The van der Waals surface area contributed by atoms with Gasteiger partial charge in [0.05, 0.1) is 12.0 Å². The average Bonchev–Trinajstić information content (AvgIpc) is 2.69. The minimum atomic E-state index is -0.118. The van der Waals surface area contributed by atoms with Crippen molar-refractivity contribution < 1.29 is 9.59 Å². The van der Waals surface area contributed by atoms with Crippen molar-refractivity contribution in [3.05, 3.63) is 17.7 Å². The molecule has 2 heterocycles. The molecule has 0 radical (unpaired) electrons. The molecule has 0 spiro atoms. The zero-order valence-electron chi connectivity index (χ0n) is 11.6. The van der Waals surface area contributed by atoms with Gasteiger partial charge in [0.15, 0.2) is 0 Å². The zero-order valence-corrected chi connectivity index (χ0v) is 11.6. The van der Waals surface area contributed by atoms with Gasteiger partial charge in [-0.3, -0.25) is 9.59 Å².